The van der Waals surface area contributed by atoms with Crippen LogP contribution in [-0.2, 0) is 27.3 Å². The number of carbonyl (C=O) groups excluding carboxylic acids is 2. The third-order valence-corrected chi connectivity index (χ3v) is 5.48. The summed E-state index contributed by atoms with van der Waals surface area (Å²) in [7, 11) is 0. The van der Waals surface area contributed by atoms with Crippen LogP contribution in [0.2, 0.25) is 0 Å². The maximum absolute atomic E-state index is 12.8. The summed E-state index contributed by atoms with van der Waals surface area (Å²) in [6, 6.07) is 15.9. The second-order valence-corrected chi connectivity index (χ2v) is 8.01. The average molecular weight is 405 g/mol. The molecule has 1 amide bonds. The summed E-state index contributed by atoms with van der Waals surface area (Å²) >= 11 is 0. The largest absolute Gasteiger partial charge is 0.462 e. The standard InChI is InChI=1S/C24H27N3O3/c1-4-17-9-11-19(12-10-17)26-14-18(13-22(26)28)24-25-20-7-5-6-8-21(20)27(24)15-23(29)30-16(2)3/h5-12,16,18H,4,13-15H2,1-3H3/t18-/m1/s1. The molecule has 0 aliphatic carbocycles. The van der Waals surface area contributed by atoms with E-state index in [1.165, 1.54) is 5.56 Å². The quantitative estimate of drug-likeness (QED) is 0.580. The molecule has 1 aliphatic rings. The van der Waals surface area contributed by atoms with E-state index in [4.69, 9.17) is 9.72 Å². The normalized spacial score (nSPS) is 16.6. The van der Waals surface area contributed by atoms with Crippen molar-refractivity contribution in [2.24, 2.45) is 0 Å². The van der Waals surface area contributed by atoms with Gasteiger partial charge in [0, 0.05) is 24.6 Å². The highest BCUT2D eigenvalue weighted by atomic mass is 16.5. The molecule has 0 spiro atoms. The number of anilines is 1. The lowest BCUT2D eigenvalue weighted by Crippen LogP contribution is -2.25. The number of amides is 1. The summed E-state index contributed by atoms with van der Waals surface area (Å²) < 4.78 is 7.26. The SMILES string of the molecule is CCc1ccc(N2C[C@H](c3nc4ccccc4n3CC(=O)OC(C)C)CC2=O)cc1. The van der Waals surface area contributed by atoms with Gasteiger partial charge in [-0.3, -0.25) is 9.59 Å². The van der Waals surface area contributed by atoms with Gasteiger partial charge in [0.1, 0.15) is 12.4 Å². The lowest BCUT2D eigenvalue weighted by Gasteiger charge is -2.18. The topological polar surface area (TPSA) is 64.4 Å². The third-order valence-electron chi connectivity index (χ3n) is 5.48. The van der Waals surface area contributed by atoms with Gasteiger partial charge in [-0.1, -0.05) is 31.2 Å². The minimum atomic E-state index is -0.300. The molecule has 1 aliphatic heterocycles. The highest BCUT2D eigenvalue weighted by molar-refractivity contribution is 5.96. The van der Waals surface area contributed by atoms with E-state index in [1.807, 2.05) is 59.7 Å². The highest BCUT2D eigenvalue weighted by Crippen LogP contribution is 2.33. The first kappa shape index (κ1) is 20.1. The molecule has 1 atom stereocenters. The van der Waals surface area contributed by atoms with E-state index < -0.39 is 0 Å². The summed E-state index contributed by atoms with van der Waals surface area (Å²) in [5.41, 5.74) is 3.85. The molecule has 0 radical (unpaired) electrons. The van der Waals surface area contributed by atoms with Crippen LogP contribution in [0, 0.1) is 0 Å². The van der Waals surface area contributed by atoms with E-state index >= 15 is 0 Å². The van der Waals surface area contributed by atoms with Crippen LogP contribution in [0.4, 0.5) is 5.69 Å². The first-order valence-corrected chi connectivity index (χ1v) is 10.5. The number of carbonyl (C=O) groups is 2. The van der Waals surface area contributed by atoms with Gasteiger partial charge in [0.25, 0.3) is 0 Å². The van der Waals surface area contributed by atoms with Crippen molar-refractivity contribution in [3.05, 3.63) is 59.9 Å². The number of fused-ring (bicyclic) bond motifs is 1. The Morgan fingerprint density at radius 3 is 2.60 bits per heavy atom. The number of nitrogens with zero attached hydrogens (tertiary/aromatic N) is 3. The number of hydrogen-bond donors (Lipinski definition) is 0. The van der Waals surface area contributed by atoms with Crippen molar-refractivity contribution in [3.8, 4) is 0 Å². The summed E-state index contributed by atoms with van der Waals surface area (Å²) in [4.78, 5) is 31.8. The van der Waals surface area contributed by atoms with Gasteiger partial charge in [-0.05, 0) is 50.1 Å². The van der Waals surface area contributed by atoms with Gasteiger partial charge in [0.05, 0.1) is 17.1 Å². The number of para-hydroxylation sites is 2. The lowest BCUT2D eigenvalue weighted by molar-refractivity contribution is -0.148. The summed E-state index contributed by atoms with van der Waals surface area (Å²) in [5, 5.41) is 0. The Hall–Kier alpha value is -3.15. The molecule has 1 saturated heterocycles. The molecule has 156 valence electrons. The van der Waals surface area contributed by atoms with Crippen LogP contribution in [0.15, 0.2) is 48.5 Å². The van der Waals surface area contributed by atoms with Crippen LogP contribution in [0.25, 0.3) is 11.0 Å². The minimum absolute atomic E-state index is 0.0765. The fourth-order valence-corrected chi connectivity index (χ4v) is 4.04. The summed E-state index contributed by atoms with van der Waals surface area (Å²) in [5.74, 6) is 0.457. The van der Waals surface area contributed by atoms with Crippen molar-refractivity contribution in [2.45, 2.75) is 52.2 Å². The number of aryl methyl sites for hydroxylation is 1. The van der Waals surface area contributed by atoms with Crippen LogP contribution >= 0.6 is 0 Å². The van der Waals surface area contributed by atoms with Gasteiger partial charge in [-0.15, -0.1) is 0 Å². The minimum Gasteiger partial charge on any atom is -0.462 e. The van der Waals surface area contributed by atoms with Gasteiger partial charge in [0.15, 0.2) is 0 Å². The summed E-state index contributed by atoms with van der Waals surface area (Å²) in [6.07, 6.45) is 1.16. The van der Waals surface area contributed by atoms with Gasteiger partial charge >= 0.3 is 5.97 Å². The number of esters is 1. The van der Waals surface area contributed by atoms with Crippen LogP contribution in [-0.4, -0.2) is 34.1 Å². The van der Waals surface area contributed by atoms with E-state index in [1.54, 1.807) is 0 Å². The highest BCUT2D eigenvalue weighted by Gasteiger charge is 2.35. The molecular formula is C24H27N3O3. The molecule has 6 nitrogen and oxygen atoms in total. The molecule has 0 unspecified atom stereocenters. The van der Waals surface area contributed by atoms with E-state index in [-0.39, 0.29) is 30.4 Å². The maximum Gasteiger partial charge on any atom is 0.326 e. The second-order valence-electron chi connectivity index (χ2n) is 8.01. The van der Waals surface area contributed by atoms with Crippen LogP contribution in [0.3, 0.4) is 0 Å². The Bertz CT molecular complexity index is 1070. The zero-order valence-electron chi connectivity index (χ0n) is 17.7. The number of ether oxygens (including phenoxy) is 1. The third kappa shape index (κ3) is 3.95. The number of aromatic nitrogens is 2. The molecule has 0 saturated carbocycles. The Kier molecular flexibility index (Phi) is 5.57. The Morgan fingerprint density at radius 2 is 1.90 bits per heavy atom. The molecule has 0 N–H and O–H groups in total. The first-order chi connectivity index (χ1) is 14.5. The zero-order chi connectivity index (χ0) is 21.3. The molecule has 0 bridgehead atoms. The van der Waals surface area contributed by atoms with Crippen molar-refractivity contribution in [3.63, 3.8) is 0 Å². The number of hydrogen-bond acceptors (Lipinski definition) is 4. The predicted molar refractivity (Wildman–Crippen MR) is 116 cm³/mol. The zero-order valence-corrected chi connectivity index (χ0v) is 17.7. The fraction of sp³-hybridized carbons (Fsp3) is 0.375. The molecule has 2 heterocycles. The maximum atomic E-state index is 12.8. The van der Waals surface area contributed by atoms with Crippen LogP contribution in [0.5, 0.6) is 0 Å². The Morgan fingerprint density at radius 1 is 1.17 bits per heavy atom. The van der Waals surface area contributed by atoms with Crippen LogP contribution in [0.1, 0.15) is 44.5 Å². The van der Waals surface area contributed by atoms with Gasteiger partial charge < -0.3 is 14.2 Å². The molecular weight excluding hydrogens is 378 g/mol. The van der Waals surface area contributed by atoms with Crippen molar-refractivity contribution >= 4 is 28.6 Å². The molecule has 30 heavy (non-hydrogen) atoms. The Labute approximate surface area is 176 Å². The van der Waals surface area contributed by atoms with E-state index in [9.17, 15) is 9.59 Å². The molecule has 1 fully saturated rings. The Balaban J connectivity index is 1.64. The number of imidazole rings is 1. The molecule has 2 aromatic carbocycles. The van der Waals surface area contributed by atoms with Crippen molar-refractivity contribution in [2.75, 3.05) is 11.4 Å². The molecule has 3 aromatic rings. The second kappa shape index (κ2) is 8.30. The number of rotatable bonds is 6. The predicted octanol–water partition coefficient (Wildman–Crippen LogP) is 4.07. The molecule has 4 rings (SSSR count). The number of benzene rings is 2. The van der Waals surface area contributed by atoms with Crippen molar-refractivity contribution < 1.29 is 14.3 Å². The van der Waals surface area contributed by atoms with E-state index in [0.29, 0.717) is 13.0 Å². The van der Waals surface area contributed by atoms with Crippen molar-refractivity contribution in [1.29, 1.82) is 0 Å². The van der Waals surface area contributed by atoms with E-state index in [0.717, 1.165) is 29.0 Å². The van der Waals surface area contributed by atoms with Gasteiger partial charge in [-0.25, -0.2) is 4.98 Å². The monoisotopic (exact) mass is 405 g/mol. The van der Waals surface area contributed by atoms with Crippen LogP contribution < -0.4 is 4.90 Å². The van der Waals surface area contributed by atoms with E-state index in [2.05, 4.69) is 19.1 Å². The van der Waals surface area contributed by atoms with Gasteiger partial charge in [0.2, 0.25) is 5.91 Å². The molecule has 6 heteroatoms. The summed E-state index contributed by atoms with van der Waals surface area (Å²) in [6.45, 7) is 6.42. The lowest BCUT2D eigenvalue weighted by atomic mass is 10.1. The smallest absolute Gasteiger partial charge is 0.326 e. The first-order valence-electron chi connectivity index (χ1n) is 10.5. The van der Waals surface area contributed by atoms with Crippen molar-refractivity contribution in [1.82, 2.24) is 9.55 Å². The fourth-order valence-electron chi connectivity index (χ4n) is 4.04. The molecule has 1 aromatic heterocycles. The van der Waals surface area contributed by atoms with Gasteiger partial charge in [-0.2, -0.15) is 0 Å². The average Bonchev–Trinajstić information content (AvgIpc) is 3.28.